The molecule has 1 aliphatic carbocycles. The van der Waals surface area contributed by atoms with Gasteiger partial charge in [0.1, 0.15) is 0 Å². The van der Waals surface area contributed by atoms with E-state index in [9.17, 15) is 9.59 Å². The van der Waals surface area contributed by atoms with E-state index >= 15 is 0 Å². The highest BCUT2D eigenvalue weighted by molar-refractivity contribution is 9.11. The van der Waals surface area contributed by atoms with Crippen molar-refractivity contribution >= 4 is 39.2 Å². The summed E-state index contributed by atoms with van der Waals surface area (Å²) in [5.41, 5.74) is 5.12. The first-order valence-corrected chi connectivity index (χ1v) is 9.19. The van der Waals surface area contributed by atoms with E-state index < -0.39 is 6.03 Å². The van der Waals surface area contributed by atoms with E-state index in [1.54, 1.807) is 11.3 Å². The Morgan fingerprint density at radius 1 is 1.27 bits per heavy atom. The van der Waals surface area contributed by atoms with Crippen LogP contribution in [0.3, 0.4) is 0 Å². The van der Waals surface area contributed by atoms with Gasteiger partial charge in [0.25, 0.3) is 0 Å². The second-order valence-electron chi connectivity index (χ2n) is 5.76. The van der Waals surface area contributed by atoms with Gasteiger partial charge in [-0.2, -0.15) is 0 Å². The lowest BCUT2D eigenvalue weighted by Gasteiger charge is -2.41. The fourth-order valence-corrected chi connectivity index (χ4v) is 4.32. The van der Waals surface area contributed by atoms with Crippen LogP contribution in [0.1, 0.15) is 43.4 Å². The Bertz CT molecular complexity index is 529. The third-order valence-corrected chi connectivity index (χ3v) is 6.03. The SMILES string of the molecule is NC(=O)NCCCCC(=O)NCC1(c2ccc(Br)s2)CCC1. The molecule has 0 aromatic carbocycles. The van der Waals surface area contributed by atoms with Crippen LogP contribution >= 0.6 is 27.3 Å². The van der Waals surface area contributed by atoms with Gasteiger partial charge < -0.3 is 16.4 Å². The number of halogens is 1. The molecule has 22 heavy (non-hydrogen) atoms. The molecule has 1 aliphatic rings. The maximum absolute atomic E-state index is 11.9. The van der Waals surface area contributed by atoms with E-state index in [2.05, 4.69) is 38.7 Å². The zero-order chi connectivity index (χ0) is 16.0. The fraction of sp³-hybridized carbons (Fsp3) is 0.600. The van der Waals surface area contributed by atoms with Gasteiger partial charge in [-0.05, 0) is 53.7 Å². The molecule has 122 valence electrons. The molecule has 0 bridgehead atoms. The minimum atomic E-state index is -0.515. The first-order chi connectivity index (χ1) is 10.5. The van der Waals surface area contributed by atoms with Gasteiger partial charge >= 0.3 is 6.03 Å². The lowest BCUT2D eigenvalue weighted by Crippen LogP contribution is -2.45. The largest absolute Gasteiger partial charge is 0.355 e. The lowest BCUT2D eigenvalue weighted by molar-refractivity contribution is -0.121. The van der Waals surface area contributed by atoms with E-state index in [4.69, 9.17) is 5.73 Å². The number of amides is 3. The quantitative estimate of drug-likeness (QED) is 0.599. The van der Waals surface area contributed by atoms with Crippen LogP contribution in [-0.4, -0.2) is 25.0 Å². The minimum absolute atomic E-state index is 0.0842. The molecule has 2 rings (SSSR count). The highest BCUT2D eigenvalue weighted by Crippen LogP contribution is 2.46. The highest BCUT2D eigenvalue weighted by Gasteiger charge is 2.39. The summed E-state index contributed by atoms with van der Waals surface area (Å²) < 4.78 is 1.14. The van der Waals surface area contributed by atoms with Crippen molar-refractivity contribution in [2.45, 2.75) is 43.9 Å². The summed E-state index contributed by atoms with van der Waals surface area (Å²) in [6.45, 7) is 1.24. The standard InChI is InChI=1S/C15H22BrN3O2S/c16-12-6-5-11(22-12)15(7-3-8-15)10-19-13(20)4-1-2-9-18-14(17)21/h5-6H,1-4,7-10H2,(H,19,20)(H3,17,18,21). The fourth-order valence-electron chi connectivity index (χ4n) is 2.69. The second kappa shape index (κ2) is 7.97. The van der Waals surface area contributed by atoms with Crippen LogP contribution < -0.4 is 16.4 Å². The predicted molar refractivity (Wildman–Crippen MR) is 92.0 cm³/mol. The molecule has 4 N–H and O–H groups in total. The van der Waals surface area contributed by atoms with Crippen molar-refractivity contribution < 1.29 is 9.59 Å². The van der Waals surface area contributed by atoms with Gasteiger partial charge in [0.05, 0.1) is 3.79 Å². The first kappa shape index (κ1) is 17.3. The van der Waals surface area contributed by atoms with Crippen molar-refractivity contribution in [3.63, 3.8) is 0 Å². The van der Waals surface area contributed by atoms with Crippen LogP contribution in [0.2, 0.25) is 0 Å². The van der Waals surface area contributed by atoms with Crippen LogP contribution in [0.15, 0.2) is 15.9 Å². The Kier molecular flexibility index (Phi) is 6.26. The lowest BCUT2D eigenvalue weighted by atomic mass is 9.67. The monoisotopic (exact) mass is 387 g/mol. The first-order valence-electron chi connectivity index (χ1n) is 7.58. The number of carbonyl (C=O) groups is 2. The van der Waals surface area contributed by atoms with Gasteiger partial charge in [-0.3, -0.25) is 4.79 Å². The van der Waals surface area contributed by atoms with Gasteiger partial charge in [-0.1, -0.05) is 6.42 Å². The molecule has 1 aromatic rings. The third-order valence-electron chi connectivity index (χ3n) is 4.16. The predicted octanol–water partition coefficient (Wildman–Crippen LogP) is 2.89. The van der Waals surface area contributed by atoms with E-state index in [0.29, 0.717) is 13.0 Å². The van der Waals surface area contributed by atoms with Gasteiger partial charge in [0.15, 0.2) is 0 Å². The number of primary amides is 1. The van der Waals surface area contributed by atoms with Crippen LogP contribution in [0.4, 0.5) is 4.79 Å². The maximum Gasteiger partial charge on any atom is 0.312 e. The summed E-state index contributed by atoms with van der Waals surface area (Å²) in [5.74, 6) is 0.0842. The normalized spacial score (nSPS) is 15.9. The zero-order valence-electron chi connectivity index (χ0n) is 12.5. The molecule has 0 atom stereocenters. The van der Waals surface area contributed by atoms with Gasteiger partial charge in [-0.25, -0.2) is 4.79 Å². The number of rotatable bonds is 8. The molecule has 1 saturated carbocycles. The molecule has 7 heteroatoms. The summed E-state index contributed by atoms with van der Waals surface area (Å²) in [5, 5.41) is 5.59. The smallest absolute Gasteiger partial charge is 0.312 e. The second-order valence-corrected chi connectivity index (χ2v) is 8.23. The van der Waals surface area contributed by atoms with Crippen molar-refractivity contribution in [1.29, 1.82) is 0 Å². The molecule has 0 unspecified atom stereocenters. The Labute approximate surface area is 143 Å². The third kappa shape index (κ3) is 4.71. The molecule has 3 amide bonds. The van der Waals surface area contributed by atoms with Crippen LogP contribution in [0, 0.1) is 0 Å². The van der Waals surface area contributed by atoms with Crippen molar-refractivity contribution in [3.8, 4) is 0 Å². The molecule has 1 heterocycles. The molecule has 0 spiro atoms. The summed E-state index contributed by atoms with van der Waals surface area (Å²) in [6, 6.07) is 3.72. The van der Waals surface area contributed by atoms with E-state index in [1.807, 2.05) is 0 Å². The van der Waals surface area contributed by atoms with Crippen molar-refractivity contribution in [2.75, 3.05) is 13.1 Å². The summed E-state index contributed by atoms with van der Waals surface area (Å²) in [6.07, 6.45) is 5.52. The number of unbranched alkanes of at least 4 members (excludes halogenated alkanes) is 1. The molecule has 1 aromatic heterocycles. The Hall–Kier alpha value is -1.08. The van der Waals surface area contributed by atoms with Gasteiger partial charge in [0.2, 0.25) is 5.91 Å². The number of nitrogens with two attached hydrogens (primary N) is 1. The summed E-state index contributed by atoms with van der Waals surface area (Å²) >= 11 is 5.27. The highest BCUT2D eigenvalue weighted by atomic mass is 79.9. The Morgan fingerprint density at radius 3 is 2.59 bits per heavy atom. The molecule has 5 nitrogen and oxygen atoms in total. The topological polar surface area (TPSA) is 84.2 Å². The average molecular weight is 388 g/mol. The zero-order valence-corrected chi connectivity index (χ0v) is 14.9. The summed E-state index contributed by atoms with van der Waals surface area (Å²) in [4.78, 5) is 23.8. The molecule has 0 radical (unpaired) electrons. The molecular formula is C15H22BrN3O2S. The van der Waals surface area contributed by atoms with Gasteiger partial charge in [-0.15, -0.1) is 11.3 Å². The Balaban J connectivity index is 1.70. The van der Waals surface area contributed by atoms with E-state index in [0.717, 1.165) is 36.0 Å². The molecule has 0 aliphatic heterocycles. The van der Waals surface area contributed by atoms with Crippen molar-refractivity contribution in [3.05, 3.63) is 20.8 Å². The molecule has 0 saturated heterocycles. The number of hydrogen-bond donors (Lipinski definition) is 3. The number of hydrogen-bond acceptors (Lipinski definition) is 3. The van der Waals surface area contributed by atoms with Crippen molar-refractivity contribution in [2.24, 2.45) is 5.73 Å². The number of thiophene rings is 1. The van der Waals surface area contributed by atoms with E-state index in [-0.39, 0.29) is 11.3 Å². The Morgan fingerprint density at radius 2 is 2.05 bits per heavy atom. The maximum atomic E-state index is 11.9. The van der Waals surface area contributed by atoms with Gasteiger partial charge in [0, 0.05) is 29.8 Å². The molecule has 1 fully saturated rings. The molecular weight excluding hydrogens is 366 g/mol. The number of urea groups is 1. The van der Waals surface area contributed by atoms with E-state index in [1.165, 1.54) is 11.3 Å². The number of carbonyl (C=O) groups excluding carboxylic acids is 2. The van der Waals surface area contributed by atoms with Crippen LogP contribution in [0.25, 0.3) is 0 Å². The van der Waals surface area contributed by atoms with Crippen molar-refractivity contribution in [1.82, 2.24) is 10.6 Å². The number of nitrogens with one attached hydrogen (secondary N) is 2. The average Bonchev–Trinajstić information content (AvgIpc) is 2.83. The van der Waals surface area contributed by atoms with Crippen LogP contribution in [0.5, 0.6) is 0 Å². The minimum Gasteiger partial charge on any atom is -0.355 e. The van der Waals surface area contributed by atoms with Crippen LogP contribution in [-0.2, 0) is 10.2 Å². The summed E-state index contributed by atoms with van der Waals surface area (Å²) in [7, 11) is 0.